The van der Waals surface area contributed by atoms with Gasteiger partial charge < -0.3 is 5.32 Å². The molecule has 6 nitrogen and oxygen atoms in total. The van der Waals surface area contributed by atoms with Crippen LogP contribution in [-0.2, 0) is 0 Å². The van der Waals surface area contributed by atoms with Crippen molar-refractivity contribution in [1.29, 1.82) is 0 Å². The average Bonchev–Trinajstić information content (AvgIpc) is 3.33. The summed E-state index contributed by atoms with van der Waals surface area (Å²) < 4.78 is 0. The highest BCUT2D eigenvalue weighted by atomic mass is 32.1. The zero-order valence-electron chi connectivity index (χ0n) is 16.7. The molecule has 7 heteroatoms. The van der Waals surface area contributed by atoms with Crippen molar-refractivity contribution in [1.82, 2.24) is 15.1 Å². The first-order valence-electron chi connectivity index (χ1n) is 9.97. The minimum absolute atomic E-state index is 0.148. The predicted molar refractivity (Wildman–Crippen MR) is 112 cm³/mol. The van der Waals surface area contributed by atoms with E-state index in [0.29, 0.717) is 23.2 Å². The largest absolute Gasteiger partial charge is 0.350 e. The number of hydrogen-bond donors (Lipinski definition) is 1. The Labute approximate surface area is 174 Å². The van der Waals surface area contributed by atoms with Gasteiger partial charge in [0.05, 0.1) is 17.2 Å². The van der Waals surface area contributed by atoms with Gasteiger partial charge in [0.25, 0.3) is 17.7 Å². The number of nitrogens with one attached hydrogen (secondary N) is 1. The number of amides is 3. The minimum atomic E-state index is -0.362. The standard InChI is InChI=1S/C22H25N3O3S/c1-14-7-9-25(10-8-14)18(19-4-3-11-29-19)13-23-20(26)15-5-6-16-17(12-15)22(28)24(2)21(16)27/h3-6,11-12,14,18H,7-10,13H2,1-2H3,(H,23,26)/t18-/m1/s1. The van der Waals surface area contributed by atoms with Gasteiger partial charge in [-0.1, -0.05) is 13.0 Å². The lowest BCUT2D eigenvalue weighted by Crippen LogP contribution is -2.41. The maximum atomic E-state index is 12.8. The fraction of sp³-hybridized carbons (Fsp3) is 0.409. The Hall–Kier alpha value is -2.51. The molecular weight excluding hydrogens is 386 g/mol. The lowest BCUT2D eigenvalue weighted by Gasteiger charge is -2.36. The Bertz CT molecular complexity index is 933. The number of likely N-dealkylation sites (tertiary alicyclic amines) is 1. The molecule has 29 heavy (non-hydrogen) atoms. The molecule has 2 aromatic rings. The summed E-state index contributed by atoms with van der Waals surface area (Å²) in [6.45, 7) is 4.86. The van der Waals surface area contributed by atoms with Gasteiger partial charge in [-0.15, -0.1) is 11.3 Å². The molecule has 152 valence electrons. The maximum absolute atomic E-state index is 12.8. The van der Waals surface area contributed by atoms with E-state index in [9.17, 15) is 14.4 Å². The molecule has 2 aliphatic heterocycles. The molecule has 1 atom stereocenters. The number of piperidine rings is 1. The van der Waals surface area contributed by atoms with Crippen molar-refractivity contribution < 1.29 is 14.4 Å². The number of imide groups is 1. The van der Waals surface area contributed by atoms with Gasteiger partial charge in [0.2, 0.25) is 0 Å². The highest BCUT2D eigenvalue weighted by molar-refractivity contribution is 7.10. The third kappa shape index (κ3) is 3.84. The Morgan fingerprint density at radius 2 is 1.90 bits per heavy atom. The first kappa shape index (κ1) is 19.8. The van der Waals surface area contributed by atoms with Crippen molar-refractivity contribution >= 4 is 29.1 Å². The molecule has 0 saturated carbocycles. The quantitative estimate of drug-likeness (QED) is 0.768. The van der Waals surface area contributed by atoms with Gasteiger partial charge in [-0.25, -0.2) is 0 Å². The van der Waals surface area contributed by atoms with Crippen LogP contribution in [0.1, 0.15) is 61.8 Å². The third-order valence-electron chi connectivity index (χ3n) is 5.94. The fourth-order valence-corrected chi connectivity index (χ4v) is 4.89. The number of carbonyl (C=O) groups excluding carboxylic acids is 3. The van der Waals surface area contributed by atoms with Crippen molar-refractivity contribution in [2.24, 2.45) is 5.92 Å². The molecule has 1 aromatic heterocycles. The Kier molecular flexibility index (Phi) is 5.52. The molecule has 2 aliphatic rings. The molecule has 1 N–H and O–H groups in total. The summed E-state index contributed by atoms with van der Waals surface area (Å²) in [7, 11) is 1.45. The zero-order chi connectivity index (χ0) is 20.5. The number of carbonyl (C=O) groups is 3. The average molecular weight is 412 g/mol. The van der Waals surface area contributed by atoms with Crippen LogP contribution in [0.25, 0.3) is 0 Å². The second-order valence-electron chi connectivity index (χ2n) is 7.89. The van der Waals surface area contributed by atoms with Crippen LogP contribution in [0.2, 0.25) is 0 Å². The first-order valence-corrected chi connectivity index (χ1v) is 10.9. The van der Waals surface area contributed by atoms with E-state index in [1.165, 1.54) is 30.8 Å². The molecule has 0 spiro atoms. The van der Waals surface area contributed by atoms with E-state index in [-0.39, 0.29) is 23.8 Å². The van der Waals surface area contributed by atoms with E-state index in [0.717, 1.165) is 23.9 Å². The molecule has 3 amide bonds. The summed E-state index contributed by atoms with van der Waals surface area (Å²) in [5.41, 5.74) is 1.05. The SMILES string of the molecule is CC1CCN([C@H](CNC(=O)c2ccc3c(c2)C(=O)N(C)C3=O)c2cccs2)CC1. The van der Waals surface area contributed by atoms with Crippen LogP contribution in [0.15, 0.2) is 35.7 Å². The molecule has 0 aliphatic carbocycles. The Morgan fingerprint density at radius 3 is 2.59 bits per heavy atom. The number of rotatable bonds is 5. The molecule has 1 saturated heterocycles. The smallest absolute Gasteiger partial charge is 0.261 e. The van der Waals surface area contributed by atoms with Crippen LogP contribution in [0.3, 0.4) is 0 Å². The summed E-state index contributed by atoms with van der Waals surface area (Å²) in [5, 5.41) is 5.11. The molecule has 0 bridgehead atoms. The molecule has 3 heterocycles. The number of fused-ring (bicyclic) bond motifs is 1. The van der Waals surface area contributed by atoms with Gasteiger partial charge in [0.1, 0.15) is 0 Å². The van der Waals surface area contributed by atoms with E-state index in [1.54, 1.807) is 23.5 Å². The van der Waals surface area contributed by atoms with Crippen LogP contribution in [0, 0.1) is 5.92 Å². The second kappa shape index (κ2) is 8.08. The molecular formula is C22H25N3O3S. The van der Waals surface area contributed by atoms with E-state index in [4.69, 9.17) is 0 Å². The second-order valence-corrected chi connectivity index (χ2v) is 8.87. The van der Waals surface area contributed by atoms with Crippen molar-refractivity contribution in [3.05, 3.63) is 57.3 Å². The summed E-state index contributed by atoms with van der Waals surface area (Å²) in [5.74, 6) is -0.170. The monoisotopic (exact) mass is 411 g/mol. The Balaban J connectivity index is 1.48. The third-order valence-corrected chi connectivity index (χ3v) is 6.91. The van der Waals surface area contributed by atoms with Crippen molar-refractivity contribution in [2.45, 2.75) is 25.8 Å². The molecule has 1 fully saturated rings. The van der Waals surface area contributed by atoms with Crippen molar-refractivity contribution in [2.75, 3.05) is 26.7 Å². The van der Waals surface area contributed by atoms with Crippen molar-refractivity contribution in [3.8, 4) is 0 Å². The predicted octanol–water partition coefficient (Wildman–Crippen LogP) is 3.18. The van der Waals surface area contributed by atoms with E-state index in [1.807, 2.05) is 6.07 Å². The number of thiophene rings is 1. The van der Waals surface area contributed by atoms with Gasteiger partial charge >= 0.3 is 0 Å². The molecule has 1 aromatic carbocycles. The van der Waals surface area contributed by atoms with Crippen LogP contribution in [-0.4, -0.2) is 54.2 Å². The topological polar surface area (TPSA) is 69.7 Å². The van der Waals surface area contributed by atoms with Gasteiger partial charge in [0, 0.05) is 24.0 Å². The molecule has 0 unspecified atom stereocenters. The zero-order valence-corrected chi connectivity index (χ0v) is 17.5. The van der Waals surface area contributed by atoms with E-state index in [2.05, 4.69) is 28.6 Å². The Morgan fingerprint density at radius 1 is 1.17 bits per heavy atom. The summed E-state index contributed by atoms with van der Waals surface area (Å²) in [4.78, 5) is 41.8. The first-order chi connectivity index (χ1) is 14.0. The van der Waals surface area contributed by atoms with Gasteiger partial charge in [-0.3, -0.25) is 24.2 Å². The van der Waals surface area contributed by atoms with Crippen LogP contribution >= 0.6 is 11.3 Å². The highest BCUT2D eigenvalue weighted by Crippen LogP contribution is 2.29. The van der Waals surface area contributed by atoms with Gasteiger partial charge in [0.15, 0.2) is 0 Å². The van der Waals surface area contributed by atoms with Gasteiger partial charge in [-0.05, 0) is 61.5 Å². The van der Waals surface area contributed by atoms with Crippen LogP contribution in [0.4, 0.5) is 0 Å². The van der Waals surface area contributed by atoms with E-state index >= 15 is 0 Å². The normalized spacial score (nSPS) is 18.8. The van der Waals surface area contributed by atoms with Crippen molar-refractivity contribution in [3.63, 3.8) is 0 Å². The number of hydrogen-bond acceptors (Lipinski definition) is 5. The van der Waals surface area contributed by atoms with Crippen LogP contribution < -0.4 is 5.32 Å². The number of nitrogens with zero attached hydrogens (tertiary/aromatic N) is 2. The van der Waals surface area contributed by atoms with Crippen LogP contribution in [0.5, 0.6) is 0 Å². The number of benzene rings is 1. The van der Waals surface area contributed by atoms with E-state index < -0.39 is 0 Å². The van der Waals surface area contributed by atoms with Gasteiger partial charge in [-0.2, -0.15) is 0 Å². The molecule has 0 radical (unpaired) electrons. The summed E-state index contributed by atoms with van der Waals surface area (Å²) in [6.07, 6.45) is 2.34. The lowest BCUT2D eigenvalue weighted by molar-refractivity contribution is 0.0693. The lowest BCUT2D eigenvalue weighted by atomic mass is 9.97. The summed E-state index contributed by atoms with van der Waals surface area (Å²) >= 11 is 1.71. The molecule has 4 rings (SSSR count). The fourth-order valence-electron chi connectivity index (χ4n) is 4.02. The summed E-state index contributed by atoms with van der Waals surface area (Å²) in [6, 6.07) is 9.01. The minimum Gasteiger partial charge on any atom is -0.350 e. The highest BCUT2D eigenvalue weighted by Gasteiger charge is 2.33. The maximum Gasteiger partial charge on any atom is 0.261 e.